The maximum atomic E-state index is 12.4. The van der Waals surface area contributed by atoms with Crippen LogP contribution in [0.5, 0.6) is 0 Å². The lowest BCUT2D eigenvalue weighted by Crippen LogP contribution is -2.45. The van der Waals surface area contributed by atoms with Crippen molar-refractivity contribution in [2.75, 3.05) is 19.8 Å². The molecule has 5 N–H and O–H groups in total. The van der Waals surface area contributed by atoms with Crippen molar-refractivity contribution in [3.05, 3.63) is 0 Å². The van der Waals surface area contributed by atoms with Gasteiger partial charge in [-0.1, -0.05) is 59.3 Å². The van der Waals surface area contributed by atoms with Gasteiger partial charge in [-0.2, -0.15) is 0 Å². The SMILES string of the molecule is CCCCCOC(=O)CC(O)(CC(=O)OCCCCC)C(=O)OCCCCC.O=C(O)CC(O)(CC(=O)O)C(=O)O. The minimum atomic E-state index is -2.74. The zero-order valence-corrected chi connectivity index (χ0v) is 24.2. The average molecular weight is 595 g/mol. The van der Waals surface area contributed by atoms with Crippen LogP contribution in [0.2, 0.25) is 0 Å². The molecule has 0 bridgehead atoms. The molecule has 0 aliphatic rings. The van der Waals surface area contributed by atoms with Gasteiger partial charge in [0.25, 0.3) is 0 Å². The first kappa shape index (κ1) is 39.9. The fourth-order valence-electron chi connectivity index (χ4n) is 3.23. The molecule has 0 radical (unpaired) electrons. The van der Waals surface area contributed by atoms with Crippen LogP contribution in [-0.4, -0.2) is 92.4 Å². The highest BCUT2D eigenvalue weighted by atomic mass is 16.6. The van der Waals surface area contributed by atoms with Crippen LogP contribution in [0.4, 0.5) is 0 Å². The maximum absolute atomic E-state index is 12.4. The molecule has 0 saturated carbocycles. The summed E-state index contributed by atoms with van der Waals surface area (Å²) >= 11 is 0. The normalized spacial score (nSPS) is 11.0. The second kappa shape index (κ2) is 22.4. The number of aliphatic hydroxyl groups is 2. The first-order valence-corrected chi connectivity index (χ1v) is 13.8. The predicted octanol–water partition coefficient (Wildman–Crippen LogP) is 2.45. The third-order valence-corrected chi connectivity index (χ3v) is 5.54. The molecule has 0 saturated heterocycles. The number of esters is 3. The minimum Gasteiger partial charge on any atom is -0.481 e. The van der Waals surface area contributed by atoms with Gasteiger partial charge in [-0.3, -0.25) is 19.2 Å². The molecule has 238 valence electrons. The van der Waals surface area contributed by atoms with E-state index in [1.165, 1.54) is 0 Å². The topological polar surface area (TPSA) is 231 Å². The summed E-state index contributed by atoms with van der Waals surface area (Å²) in [7, 11) is 0. The molecular weight excluding hydrogens is 548 g/mol. The predicted molar refractivity (Wildman–Crippen MR) is 143 cm³/mol. The van der Waals surface area contributed by atoms with Crippen molar-refractivity contribution in [1.29, 1.82) is 0 Å². The summed E-state index contributed by atoms with van der Waals surface area (Å²) in [4.78, 5) is 66.9. The molecule has 41 heavy (non-hydrogen) atoms. The molecule has 0 aromatic heterocycles. The second-order valence-electron chi connectivity index (χ2n) is 9.56. The molecule has 0 heterocycles. The van der Waals surface area contributed by atoms with E-state index >= 15 is 0 Å². The second-order valence-corrected chi connectivity index (χ2v) is 9.56. The van der Waals surface area contributed by atoms with Gasteiger partial charge < -0.3 is 39.7 Å². The smallest absolute Gasteiger partial charge is 0.339 e. The number of hydrogen-bond acceptors (Lipinski definition) is 11. The standard InChI is InChI=1S/C21H38O7.C6H8O7/c1-4-7-10-13-26-18(22)16-21(25,20(24)28-15-12-9-6-3)17-19(23)27-14-11-8-5-2;7-3(8)1-6(13,5(11)12)2-4(9)10/h25H,4-17H2,1-3H3;13H,1-2H2,(H,7,8)(H,9,10)(H,11,12). The molecule has 0 spiro atoms. The summed E-state index contributed by atoms with van der Waals surface area (Å²) < 4.78 is 15.2. The van der Waals surface area contributed by atoms with Crippen LogP contribution in [-0.2, 0) is 43.0 Å². The molecule has 0 rings (SSSR count). The Labute approximate surface area is 240 Å². The molecule has 0 fully saturated rings. The van der Waals surface area contributed by atoms with Crippen molar-refractivity contribution in [2.24, 2.45) is 0 Å². The summed E-state index contributed by atoms with van der Waals surface area (Å²) in [6.07, 6.45) is 4.16. The van der Waals surface area contributed by atoms with E-state index in [0.717, 1.165) is 38.5 Å². The highest BCUT2D eigenvalue weighted by Crippen LogP contribution is 2.21. The Kier molecular flexibility index (Phi) is 21.8. The van der Waals surface area contributed by atoms with Crippen LogP contribution in [0.3, 0.4) is 0 Å². The number of carboxylic acid groups (broad SMARTS) is 3. The average Bonchev–Trinajstić information content (AvgIpc) is 2.86. The van der Waals surface area contributed by atoms with Gasteiger partial charge in [0.05, 0.1) is 45.5 Å². The summed E-state index contributed by atoms with van der Waals surface area (Å²) in [5.41, 5.74) is -5.01. The fraction of sp³-hybridized carbons (Fsp3) is 0.778. The molecule has 14 heteroatoms. The molecule has 0 amide bonds. The van der Waals surface area contributed by atoms with Gasteiger partial charge in [-0.05, 0) is 19.3 Å². The van der Waals surface area contributed by atoms with E-state index in [0.29, 0.717) is 19.3 Å². The van der Waals surface area contributed by atoms with Crippen molar-refractivity contribution < 1.29 is 68.5 Å². The minimum absolute atomic E-state index is 0.131. The number of carbonyl (C=O) groups is 6. The van der Waals surface area contributed by atoms with Gasteiger partial charge in [0.1, 0.15) is 0 Å². The van der Waals surface area contributed by atoms with Crippen LogP contribution in [0.1, 0.15) is 104 Å². The van der Waals surface area contributed by atoms with Crippen molar-refractivity contribution in [1.82, 2.24) is 0 Å². The fourth-order valence-corrected chi connectivity index (χ4v) is 3.23. The van der Waals surface area contributed by atoms with E-state index in [4.69, 9.17) is 34.6 Å². The number of aliphatic carboxylic acids is 3. The number of carbonyl (C=O) groups excluding carboxylic acids is 3. The van der Waals surface area contributed by atoms with E-state index in [1.807, 2.05) is 20.8 Å². The van der Waals surface area contributed by atoms with Crippen molar-refractivity contribution in [3.63, 3.8) is 0 Å². The first-order valence-electron chi connectivity index (χ1n) is 13.8. The lowest BCUT2D eigenvalue weighted by atomic mass is 9.95. The monoisotopic (exact) mass is 594 g/mol. The van der Waals surface area contributed by atoms with Gasteiger partial charge in [0.2, 0.25) is 0 Å². The number of rotatable bonds is 22. The van der Waals surface area contributed by atoms with Crippen molar-refractivity contribution in [3.8, 4) is 0 Å². The van der Waals surface area contributed by atoms with E-state index < -0.39 is 72.7 Å². The van der Waals surface area contributed by atoms with Gasteiger partial charge in [0.15, 0.2) is 11.2 Å². The highest BCUT2D eigenvalue weighted by Gasteiger charge is 2.43. The molecule has 0 aliphatic carbocycles. The van der Waals surface area contributed by atoms with Gasteiger partial charge in [0, 0.05) is 0 Å². The Bertz CT molecular complexity index is 781. The van der Waals surface area contributed by atoms with Crippen LogP contribution in [0.15, 0.2) is 0 Å². The lowest BCUT2D eigenvalue weighted by Gasteiger charge is -2.24. The molecule has 0 aromatic rings. The molecule has 14 nitrogen and oxygen atoms in total. The summed E-state index contributed by atoms with van der Waals surface area (Å²) in [5.74, 6) is -7.47. The number of carboxylic acids is 3. The van der Waals surface area contributed by atoms with Crippen LogP contribution in [0, 0.1) is 0 Å². The molecule has 0 aliphatic heterocycles. The third kappa shape index (κ3) is 20.3. The van der Waals surface area contributed by atoms with Crippen LogP contribution < -0.4 is 0 Å². The number of unbranched alkanes of at least 4 members (excludes halogenated alkanes) is 6. The van der Waals surface area contributed by atoms with Crippen molar-refractivity contribution in [2.45, 2.75) is 115 Å². The first-order chi connectivity index (χ1) is 19.2. The van der Waals surface area contributed by atoms with E-state index in [9.17, 15) is 33.9 Å². The highest BCUT2D eigenvalue weighted by molar-refractivity contribution is 5.90. The molecule has 0 aromatic carbocycles. The summed E-state index contributed by atoms with van der Waals surface area (Å²) in [6, 6.07) is 0. The van der Waals surface area contributed by atoms with E-state index in [-0.39, 0.29) is 19.8 Å². The Morgan fingerprint density at radius 2 is 0.854 bits per heavy atom. The summed E-state index contributed by atoms with van der Waals surface area (Å²) in [6.45, 7) is 6.64. The zero-order chi connectivity index (χ0) is 31.9. The Balaban J connectivity index is 0. The zero-order valence-electron chi connectivity index (χ0n) is 24.2. The van der Waals surface area contributed by atoms with Gasteiger partial charge in [-0.15, -0.1) is 0 Å². The van der Waals surface area contributed by atoms with Gasteiger partial charge in [-0.25, -0.2) is 9.59 Å². The maximum Gasteiger partial charge on any atom is 0.339 e. The molecule has 0 unspecified atom stereocenters. The van der Waals surface area contributed by atoms with E-state index in [2.05, 4.69) is 0 Å². The van der Waals surface area contributed by atoms with E-state index in [1.54, 1.807) is 0 Å². The Hall–Kier alpha value is -3.26. The lowest BCUT2D eigenvalue weighted by molar-refractivity contribution is -0.178. The summed E-state index contributed by atoms with van der Waals surface area (Å²) in [5, 5.41) is 44.5. The van der Waals surface area contributed by atoms with Crippen molar-refractivity contribution >= 4 is 35.8 Å². The molecular formula is C27H46O14. The third-order valence-electron chi connectivity index (χ3n) is 5.54. The Morgan fingerprint density at radius 3 is 1.15 bits per heavy atom. The molecule has 0 atom stereocenters. The number of hydrogen-bond donors (Lipinski definition) is 5. The quantitative estimate of drug-likeness (QED) is 0.0688. The van der Waals surface area contributed by atoms with Crippen LogP contribution >= 0.6 is 0 Å². The van der Waals surface area contributed by atoms with Crippen LogP contribution in [0.25, 0.3) is 0 Å². The van der Waals surface area contributed by atoms with Gasteiger partial charge >= 0.3 is 35.8 Å². The number of ether oxygens (including phenoxy) is 3. The Morgan fingerprint density at radius 1 is 0.512 bits per heavy atom. The largest absolute Gasteiger partial charge is 0.481 e.